The minimum Gasteiger partial charge on any atom is -0.305 e. The Morgan fingerprint density at radius 1 is 1.00 bits per heavy atom. The molecule has 0 fully saturated rings. The fourth-order valence-corrected chi connectivity index (χ4v) is 3.03. The average Bonchev–Trinajstić information content (AvgIpc) is 3.09. The molecule has 26 heavy (non-hydrogen) atoms. The molecule has 0 saturated carbocycles. The number of H-pyrrole nitrogens is 1. The third kappa shape index (κ3) is 2.84. The predicted molar refractivity (Wildman–Crippen MR) is 103 cm³/mol. The number of rotatable bonds is 3. The number of carbonyl (C=O) groups excluding carboxylic acids is 1. The van der Waals surface area contributed by atoms with Gasteiger partial charge in [-0.15, -0.1) is 0 Å². The number of aromatic nitrogens is 3. The van der Waals surface area contributed by atoms with E-state index in [2.05, 4.69) is 32.6 Å². The zero-order valence-electron chi connectivity index (χ0n) is 14.6. The molecule has 2 heterocycles. The van der Waals surface area contributed by atoms with Gasteiger partial charge in [-0.05, 0) is 42.7 Å². The van der Waals surface area contributed by atoms with Crippen LogP contribution in [0.15, 0.2) is 60.7 Å². The number of aryl methyl sites for hydroxylation is 1. The predicted octanol–water partition coefficient (Wildman–Crippen LogP) is 4.49. The first kappa shape index (κ1) is 16.0. The summed E-state index contributed by atoms with van der Waals surface area (Å²) in [4.78, 5) is 17.2. The van der Waals surface area contributed by atoms with Crippen molar-refractivity contribution >= 4 is 22.6 Å². The second-order valence-electron chi connectivity index (χ2n) is 6.20. The lowest BCUT2D eigenvalue weighted by atomic mass is 10.0. The zero-order valence-corrected chi connectivity index (χ0v) is 14.6. The summed E-state index contributed by atoms with van der Waals surface area (Å²) in [6.45, 7) is 3.98. The third-order valence-electron chi connectivity index (χ3n) is 4.53. The normalized spacial score (nSPS) is 10.8. The van der Waals surface area contributed by atoms with Crippen molar-refractivity contribution in [2.24, 2.45) is 0 Å². The van der Waals surface area contributed by atoms with Crippen LogP contribution in [0.25, 0.3) is 22.0 Å². The molecule has 5 heteroatoms. The number of carbonyl (C=O) groups is 1. The van der Waals surface area contributed by atoms with E-state index in [1.54, 1.807) is 0 Å². The van der Waals surface area contributed by atoms with Gasteiger partial charge >= 0.3 is 0 Å². The Labute approximate surface area is 151 Å². The fourth-order valence-electron chi connectivity index (χ4n) is 3.03. The molecule has 0 atom stereocenters. The Bertz CT molecular complexity index is 1100. The van der Waals surface area contributed by atoms with Gasteiger partial charge in [-0.3, -0.25) is 9.89 Å². The topological polar surface area (TPSA) is 70.7 Å². The molecule has 128 valence electrons. The van der Waals surface area contributed by atoms with Crippen molar-refractivity contribution < 1.29 is 4.79 Å². The second-order valence-corrected chi connectivity index (χ2v) is 6.20. The molecule has 2 aromatic carbocycles. The number of benzene rings is 2. The van der Waals surface area contributed by atoms with E-state index in [9.17, 15) is 4.79 Å². The van der Waals surface area contributed by atoms with Crippen molar-refractivity contribution in [3.8, 4) is 11.1 Å². The van der Waals surface area contributed by atoms with E-state index in [4.69, 9.17) is 0 Å². The number of para-hydroxylation sites is 1. The van der Waals surface area contributed by atoms with Crippen LogP contribution in [0.4, 0.5) is 5.82 Å². The van der Waals surface area contributed by atoms with Gasteiger partial charge in [0.2, 0.25) is 0 Å². The summed E-state index contributed by atoms with van der Waals surface area (Å²) in [7, 11) is 0. The molecule has 4 aromatic rings. The standard InChI is InChI=1S/C21H18N4O/c1-13-14(2)22-19(12-17(13)15-8-4-3-5-9-15)23-21(26)20-16-10-6-7-11-18(16)24-25-20/h3-12H,1-2H3,(H,24,25)(H,22,23,26). The largest absolute Gasteiger partial charge is 0.305 e. The van der Waals surface area contributed by atoms with E-state index in [0.717, 1.165) is 33.3 Å². The molecule has 0 unspecified atom stereocenters. The van der Waals surface area contributed by atoms with Gasteiger partial charge in [-0.1, -0.05) is 48.5 Å². The molecule has 0 aliphatic heterocycles. The van der Waals surface area contributed by atoms with Gasteiger partial charge in [0.15, 0.2) is 5.69 Å². The van der Waals surface area contributed by atoms with Crippen molar-refractivity contribution in [3.63, 3.8) is 0 Å². The number of nitrogens with zero attached hydrogens (tertiary/aromatic N) is 2. The lowest BCUT2D eigenvalue weighted by Crippen LogP contribution is -2.14. The molecule has 4 rings (SSSR count). The van der Waals surface area contributed by atoms with E-state index >= 15 is 0 Å². The zero-order chi connectivity index (χ0) is 18.1. The summed E-state index contributed by atoms with van der Waals surface area (Å²) in [5, 5.41) is 10.7. The highest BCUT2D eigenvalue weighted by atomic mass is 16.2. The maximum absolute atomic E-state index is 12.7. The van der Waals surface area contributed by atoms with E-state index in [0.29, 0.717) is 11.5 Å². The van der Waals surface area contributed by atoms with Crippen LogP contribution in [0.5, 0.6) is 0 Å². The summed E-state index contributed by atoms with van der Waals surface area (Å²) in [5.74, 6) is 0.237. The molecule has 2 N–H and O–H groups in total. The van der Waals surface area contributed by atoms with Gasteiger partial charge < -0.3 is 5.32 Å². The molecule has 1 amide bonds. The van der Waals surface area contributed by atoms with Gasteiger partial charge in [-0.25, -0.2) is 4.98 Å². The fraction of sp³-hybridized carbons (Fsp3) is 0.0952. The van der Waals surface area contributed by atoms with Crippen LogP contribution < -0.4 is 5.32 Å². The molecule has 0 aliphatic carbocycles. The maximum Gasteiger partial charge on any atom is 0.277 e. The van der Waals surface area contributed by atoms with Gasteiger partial charge in [0, 0.05) is 11.1 Å². The van der Waals surface area contributed by atoms with Gasteiger partial charge in [0.25, 0.3) is 5.91 Å². The van der Waals surface area contributed by atoms with Crippen LogP contribution in [0.3, 0.4) is 0 Å². The summed E-state index contributed by atoms with van der Waals surface area (Å²) in [5.41, 5.74) is 5.32. The molecule has 0 spiro atoms. The third-order valence-corrected chi connectivity index (χ3v) is 4.53. The molecule has 0 aliphatic rings. The SMILES string of the molecule is Cc1nc(NC(=O)c2n[nH]c3ccccc23)cc(-c2ccccc2)c1C. The lowest BCUT2D eigenvalue weighted by Gasteiger charge is -2.12. The Kier molecular flexibility index (Phi) is 3.97. The molecule has 0 bridgehead atoms. The summed E-state index contributed by atoms with van der Waals surface area (Å²) in [6, 6.07) is 19.5. The maximum atomic E-state index is 12.7. The highest BCUT2D eigenvalue weighted by Gasteiger charge is 2.16. The van der Waals surface area contributed by atoms with Crippen molar-refractivity contribution in [2.75, 3.05) is 5.32 Å². The minimum atomic E-state index is -0.280. The van der Waals surface area contributed by atoms with Crippen LogP contribution in [0, 0.1) is 13.8 Å². The van der Waals surface area contributed by atoms with Crippen molar-refractivity contribution in [1.82, 2.24) is 15.2 Å². The first-order valence-electron chi connectivity index (χ1n) is 8.41. The first-order chi connectivity index (χ1) is 12.6. The molecule has 2 aromatic heterocycles. The second kappa shape index (κ2) is 6.44. The monoisotopic (exact) mass is 342 g/mol. The number of amides is 1. The molecular weight excluding hydrogens is 324 g/mol. The van der Waals surface area contributed by atoms with Crippen molar-refractivity contribution in [3.05, 3.63) is 77.6 Å². The summed E-state index contributed by atoms with van der Waals surface area (Å²) in [6.07, 6.45) is 0. The first-order valence-corrected chi connectivity index (χ1v) is 8.41. The van der Waals surface area contributed by atoms with E-state index in [-0.39, 0.29) is 5.91 Å². The number of hydrogen-bond acceptors (Lipinski definition) is 3. The Morgan fingerprint density at radius 3 is 2.54 bits per heavy atom. The number of fused-ring (bicyclic) bond motifs is 1. The minimum absolute atomic E-state index is 0.280. The lowest BCUT2D eigenvalue weighted by molar-refractivity contribution is 0.102. The Morgan fingerprint density at radius 2 is 1.73 bits per heavy atom. The Hall–Kier alpha value is -3.47. The number of anilines is 1. The molecular formula is C21H18N4O. The van der Waals surface area contributed by atoms with Gasteiger partial charge in [-0.2, -0.15) is 5.10 Å². The summed E-state index contributed by atoms with van der Waals surface area (Å²) >= 11 is 0. The van der Waals surface area contributed by atoms with Crippen molar-refractivity contribution in [1.29, 1.82) is 0 Å². The van der Waals surface area contributed by atoms with E-state index in [1.165, 1.54) is 0 Å². The van der Waals surface area contributed by atoms with Gasteiger partial charge in [0.05, 0.1) is 5.52 Å². The number of nitrogens with one attached hydrogen (secondary N) is 2. The number of pyridine rings is 1. The smallest absolute Gasteiger partial charge is 0.277 e. The van der Waals surface area contributed by atoms with Crippen molar-refractivity contribution in [2.45, 2.75) is 13.8 Å². The van der Waals surface area contributed by atoms with Crippen LogP contribution in [-0.2, 0) is 0 Å². The van der Waals surface area contributed by atoms with E-state index < -0.39 is 0 Å². The van der Waals surface area contributed by atoms with Crippen LogP contribution >= 0.6 is 0 Å². The number of hydrogen-bond donors (Lipinski definition) is 2. The van der Waals surface area contributed by atoms with Crippen LogP contribution in [-0.4, -0.2) is 21.1 Å². The van der Waals surface area contributed by atoms with Crippen LogP contribution in [0.2, 0.25) is 0 Å². The molecule has 0 saturated heterocycles. The highest BCUT2D eigenvalue weighted by Crippen LogP contribution is 2.27. The Balaban J connectivity index is 1.70. The van der Waals surface area contributed by atoms with Gasteiger partial charge in [0.1, 0.15) is 5.82 Å². The quantitative estimate of drug-likeness (QED) is 0.576. The average molecular weight is 342 g/mol. The van der Waals surface area contributed by atoms with E-state index in [1.807, 2.05) is 62.4 Å². The number of aromatic amines is 1. The summed E-state index contributed by atoms with van der Waals surface area (Å²) < 4.78 is 0. The van der Waals surface area contributed by atoms with Crippen LogP contribution in [0.1, 0.15) is 21.7 Å². The molecule has 0 radical (unpaired) electrons. The highest BCUT2D eigenvalue weighted by molar-refractivity contribution is 6.10. The molecule has 5 nitrogen and oxygen atoms in total.